The van der Waals surface area contributed by atoms with E-state index in [9.17, 15) is 9.59 Å². The first-order valence-corrected chi connectivity index (χ1v) is 7.15. The number of hydrogen-bond donors (Lipinski definition) is 1. The molecule has 0 bridgehead atoms. The fourth-order valence-corrected chi connectivity index (χ4v) is 2.42. The number of cyclic esters (lactones) is 1. The fourth-order valence-electron chi connectivity index (χ4n) is 2.42. The molecule has 1 amide bonds. The third-order valence-corrected chi connectivity index (χ3v) is 3.63. The second-order valence-electron chi connectivity index (χ2n) is 5.57. The highest BCUT2D eigenvalue weighted by molar-refractivity contribution is 5.89. The van der Waals surface area contributed by atoms with Gasteiger partial charge in [0.1, 0.15) is 6.10 Å². The van der Waals surface area contributed by atoms with Crippen molar-refractivity contribution in [3.8, 4) is 0 Å². The number of nitrogens with zero attached hydrogens (tertiary/aromatic N) is 2. The highest BCUT2D eigenvalue weighted by Gasteiger charge is 2.33. The summed E-state index contributed by atoms with van der Waals surface area (Å²) in [5, 5.41) is 5.91. The molecule has 1 aromatic carbocycles. The molecule has 1 saturated heterocycles. The zero-order valence-corrected chi connectivity index (χ0v) is 12.4. The van der Waals surface area contributed by atoms with Crippen LogP contribution < -0.4 is 10.7 Å². The molecule has 22 heavy (non-hydrogen) atoms. The minimum absolute atomic E-state index is 0.236. The summed E-state index contributed by atoms with van der Waals surface area (Å²) in [5.74, 6) is 0.0650. The van der Waals surface area contributed by atoms with Gasteiger partial charge in [-0.15, -0.1) is 5.10 Å². The summed E-state index contributed by atoms with van der Waals surface area (Å²) in [4.78, 5) is 24.4. The van der Waals surface area contributed by atoms with E-state index in [1.165, 1.54) is 5.56 Å². The number of amides is 1. The normalized spacial score (nSPS) is 18.0. The number of benzene rings is 1. The molecule has 1 aromatic heterocycles. The van der Waals surface area contributed by atoms with Gasteiger partial charge in [-0.2, -0.15) is 0 Å². The molecule has 1 aliphatic rings. The van der Waals surface area contributed by atoms with E-state index >= 15 is 0 Å². The standard InChI is InChI=1S/C15H17N3O4/c1-9(2)10-3-5-11(6-4-10)18-8-12(21-15(18)20)7-13-16-17-14(19)22-13/h3-6,9,12H,7-8H2,1-2H3,(H,17,19). The van der Waals surface area contributed by atoms with Crippen molar-refractivity contribution in [3.63, 3.8) is 0 Å². The summed E-state index contributed by atoms with van der Waals surface area (Å²) < 4.78 is 10.1. The smallest absolute Gasteiger partial charge is 0.434 e. The van der Waals surface area contributed by atoms with Gasteiger partial charge in [0.15, 0.2) is 0 Å². The van der Waals surface area contributed by atoms with Crippen LogP contribution in [-0.2, 0) is 11.2 Å². The number of rotatable bonds is 4. The predicted molar refractivity (Wildman–Crippen MR) is 79.0 cm³/mol. The van der Waals surface area contributed by atoms with Crippen LogP contribution >= 0.6 is 0 Å². The molecule has 0 radical (unpaired) electrons. The van der Waals surface area contributed by atoms with E-state index in [1.807, 2.05) is 24.3 Å². The van der Waals surface area contributed by atoms with E-state index in [0.29, 0.717) is 12.5 Å². The van der Waals surface area contributed by atoms with Gasteiger partial charge in [-0.05, 0) is 23.6 Å². The monoisotopic (exact) mass is 303 g/mol. The lowest BCUT2D eigenvalue weighted by molar-refractivity contribution is 0.137. The maximum atomic E-state index is 12.0. The van der Waals surface area contributed by atoms with E-state index < -0.39 is 11.8 Å². The number of H-pyrrole nitrogens is 1. The minimum atomic E-state index is -0.611. The molecule has 1 atom stereocenters. The quantitative estimate of drug-likeness (QED) is 0.934. The molecule has 3 rings (SSSR count). The number of aromatic nitrogens is 2. The van der Waals surface area contributed by atoms with E-state index in [0.717, 1.165) is 5.69 Å². The summed E-state index contributed by atoms with van der Waals surface area (Å²) in [6.07, 6.45) is -0.519. The fraction of sp³-hybridized carbons (Fsp3) is 0.400. The third-order valence-electron chi connectivity index (χ3n) is 3.63. The molecule has 1 unspecified atom stereocenters. The predicted octanol–water partition coefficient (Wildman–Crippen LogP) is 2.05. The molecule has 2 heterocycles. The molecular weight excluding hydrogens is 286 g/mol. The molecule has 7 heteroatoms. The number of carbonyl (C=O) groups excluding carboxylic acids is 1. The number of ether oxygens (including phenoxy) is 1. The number of carbonyl (C=O) groups is 1. The van der Waals surface area contributed by atoms with E-state index in [-0.39, 0.29) is 18.4 Å². The summed E-state index contributed by atoms with van der Waals surface area (Å²) in [5.41, 5.74) is 2.01. The second kappa shape index (κ2) is 5.67. The Kier molecular flexibility index (Phi) is 3.70. The third kappa shape index (κ3) is 2.88. The molecule has 116 valence electrons. The first-order chi connectivity index (χ1) is 10.5. The molecule has 1 fully saturated rings. The van der Waals surface area contributed by atoms with Crippen LogP contribution in [0.5, 0.6) is 0 Å². The molecule has 7 nitrogen and oxygen atoms in total. The van der Waals surface area contributed by atoms with E-state index in [1.54, 1.807) is 4.90 Å². The highest BCUT2D eigenvalue weighted by atomic mass is 16.6. The van der Waals surface area contributed by atoms with Gasteiger partial charge in [0.25, 0.3) is 0 Å². The number of hydrogen-bond acceptors (Lipinski definition) is 5. The molecular formula is C15H17N3O4. The van der Waals surface area contributed by atoms with Crippen molar-refractivity contribution < 1.29 is 13.9 Å². The van der Waals surface area contributed by atoms with E-state index in [4.69, 9.17) is 9.15 Å². The minimum Gasteiger partial charge on any atom is -0.443 e. The van der Waals surface area contributed by atoms with Crippen LogP contribution in [0.3, 0.4) is 0 Å². The first kappa shape index (κ1) is 14.4. The van der Waals surface area contributed by atoms with Gasteiger partial charge in [0.05, 0.1) is 13.0 Å². The zero-order valence-electron chi connectivity index (χ0n) is 12.4. The van der Waals surface area contributed by atoms with Crippen LogP contribution in [0, 0.1) is 0 Å². The van der Waals surface area contributed by atoms with Crippen molar-refractivity contribution in [2.24, 2.45) is 0 Å². The molecule has 0 aliphatic carbocycles. The lowest BCUT2D eigenvalue weighted by atomic mass is 10.0. The van der Waals surface area contributed by atoms with Crippen LogP contribution in [-0.4, -0.2) is 28.9 Å². The van der Waals surface area contributed by atoms with Crippen molar-refractivity contribution in [2.75, 3.05) is 11.4 Å². The van der Waals surface area contributed by atoms with Gasteiger partial charge in [0, 0.05) is 5.69 Å². The Labute approximate surface area is 126 Å². The number of anilines is 1. The van der Waals surface area contributed by atoms with Crippen molar-refractivity contribution in [1.29, 1.82) is 0 Å². The lowest BCUT2D eigenvalue weighted by Crippen LogP contribution is -2.25. The van der Waals surface area contributed by atoms with Crippen LogP contribution in [0.25, 0.3) is 0 Å². The summed E-state index contributed by atoms with van der Waals surface area (Å²) in [7, 11) is 0. The molecule has 1 N–H and O–H groups in total. The Morgan fingerprint density at radius 2 is 2.05 bits per heavy atom. The molecule has 0 spiro atoms. The van der Waals surface area contributed by atoms with Crippen LogP contribution in [0.1, 0.15) is 31.2 Å². The second-order valence-corrected chi connectivity index (χ2v) is 5.57. The lowest BCUT2D eigenvalue weighted by Gasteiger charge is -2.14. The van der Waals surface area contributed by atoms with Crippen LogP contribution in [0.4, 0.5) is 10.5 Å². The Hall–Kier alpha value is -2.57. The molecule has 0 saturated carbocycles. The van der Waals surface area contributed by atoms with Gasteiger partial charge in [-0.1, -0.05) is 26.0 Å². The number of nitrogens with one attached hydrogen (secondary N) is 1. The average Bonchev–Trinajstić information content (AvgIpc) is 3.05. The van der Waals surface area contributed by atoms with Crippen LogP contribution in [0.15, 0.2) is 33.5 Å². The Morgan fingerprint density at radius 1 is 1.32 bits per heavy atom. The van der Waals surface area contributed by atoms with Crippen LogP contribution in [0.2, 0.25) is 0 Å². The van der Waals surface area contributed by atoms with Gasteiger partial charge in [-0.3, -0.25) is 4.90 Å². The van der Waals surface area contributed by atoms with Crippen molar-refractivity contribution in [3.05, 3.63) is 46.3 Å². The van der Waals surface area contributed by atoms with Crippen molar-refractivity contribution >= 4 is 11.8 Å². The maximum Gasteiger partial charge on any atom is 0.434 e. The zero-order chi connectivity index (χ0) is 15.7. The summed E-state index contributed by atoms with van der Waals surface area (Å²) in [6.45, 7) is 4.63. The topological polar surface area (TPSA) is 88.4 Å². The largest absolute Gasteiger partial charge is 0.443 e. The average molecular weight is 303 g/mol. The first-order valence-electron chi connectivity index (χ1n) is 7.15. The van der Waals surface area contributed by atoms with E-state index in [2.05, 4.69) is 24.0 Å². The van der Waals surface area contributed by atoms with Crippen molar-refractivity contribution in [1.82, 2.24) is 10.2 Å². The molecule has 2 aromatic rings. The Morgan fingerprint density at radius 3 is 2.64 bits per heavy atom. The maximum absolute atomic E-state index is 12.0. The van der Waals surface area contributed by atoms with Gasteiger partial charge in [-0.25, -0.2) is 14.7 Å². The summed E-state index contributed by atoms with van der Waals surface area (Å²) >= 11 is 0. The van der Waals surface area contributed by atoms with Crippen molar-refractivity contribution in [2.45, 2.75) is 32.3 Å². The van der Waals surface area contributed by atoms with Gasteiger partial charge < -0.3 is 9.15 Å². The Balaban J connectivity index is 1.70. The number of aromatic amines is 1. The highest BCUT2D eigenvalue weighted by Crippen LogP contribution is 2.25. The Bertz CT molecular complexity index is 717. The summed E-state index contributed by atoms with van der Waals surface area (Å²) in [6, 6.07) is 7.84. The van der Waals surface area contributed by atoms with Gasteiger partial charge in [0.2, 0.25) is 5.89 Å². The molecule has 1 aliphatic heterocycles. The van der Waals surface area contributed by atoms with Gasteiger partial charge >= 0.3 is 11.8 Å². The SMILES string of the molecule is CC(C)c1ccc(N2CC(Cc3n[nH]c(=O)o3)OC2=O)cc1.